The Bertz CT molecular complexity index is 610. The molecule has 0 fully saturated rings. The Hall–Kier alpha value is -1.15. The molecule has 1 aromatic heterocycles. The Labute approximate surface area is 111 Å². The molecule has 1 atom stereocenters. The topological polar surface area (TPSA) is 40.9 Å². The van der Waals surface area contributed by atoms with E-state index in [1.807, 2.05) is 17.5 Å². The van der Waals surface area contributed by atoms with Crippen molar-refractivity contribution in [2.75, 3.05) is 6.26 Å². The number of rotatable bonds is 2. The molecule has 0 saturated heterocycles. The molecule has 0 saturated carbocycles. The van der Waals surface area contributed by atoms with Crippen LogP contribution in [-0.2, 0) is 10.8 Å². The number of nitriles is 1. The van der Waals surface area contributed by atoms with Crippen molar-refractivity contribution in [1.29, 1.82) is 5.26 Å². The van der Waals surface area contributed by atoms with Gasteiger partial charge in [-0.25, -0.2) is 0 Å². The second kappa shape index (κ2) is 5.01. The summed E-state index contributed by atoms with van der Waals surface area (Å²) in [6, 6.07) is 9.38. The van der Waals surface area contributed by atoms with Gasteiger partial charge in [-0.15, -0.1) is 11.3 Å². The summed E-state index contributed by atoms with van der Waals surface area (Å²) >= 11 is 7.17. The minimum atomic E-state index is -1.13. The van der Waals surface area contributed by atoms with Crippen LogP contribution in [0.2, 0.25) is 5.02 Å². The van der Waals surface area contributed by atoms with Crippen molar-refractivity contribution in [3.05, 3.63) is 40.2 Å². The number of halogens is 1. The molecule has 0 radical (unpaired) electrons. The van der Waals surface area contributed by atoms with Crippen molar-refractivity contribution in [2.45, 2.75) is 4.21 Å². The Morgan fingerprint density at radius 2 is 2.00 bits per heavy atom. The van der Waals surface area contributed by atoms with Gasteiger partial charge in [0.2, 0.25) is 0 Å². The molecule has 0 aliphatic rings. The van der Waals surface area contributed by atoms with Crippen LogP contribution in [-0.4, -0.2) is 10.5 Å². The van der Waals surface area contributed by atoms with Crippen LogP contribution >= 0.6 is 22.9 Å². The van der Waals surface area contributed by atoms with Crippen LogP contribution < -0.4 is 0 Å². The van der Waals surface area contributed by atoms with E-state index in [0.717, 1.165) is 11.1 Å². The highest BCUT2D eigenvalue weighted by molar-refractivity contribution is 7.86. The minimum Gasteiger partial charge on any atom is -0.254 e. The second-order valence-electron chi connectivity index (χ2n) is 3.38. The van der Waals surface area contributed by atoms with Crippen molar-refractivity contribution in [2.24, 2.45) is 0 Å². The molecule has 1 heterocycles. The van der Waals surface area contributed by atoms with Gasteiger partial charge in [-0.1, -0.05) is 23.7 Å². The van der Waals surface area contributed by atoms with E-state index in [1.54, 1.807) is 18.4 Å². The molecule has 0 aliphatic carbocycles. The zero-order valence-corrected chi connectivity index (χ0v) is 11.3. The van der Waals surface area contributed by atoms with E-state index >= 15 is 0 Å². The van der Waals surface area contributed by atoms with Gasteiger partial charge in [-0.2, -0.15) is 5.26 Å². The maximum atomic E-state index is 11.5. The largest absolute Gasteiger partial charge is 0.254 e. The van der Waals surface area contributed by atoms with Crippen molar-refractivity contribution in [3.63, 3.8) is 0 Å². The fraction of sp³-hybridized carbons (Fsp3) is 0.0833. The fourth-order valence-corrected chi connectivity index (χ4v) is 3.51. The molecular formula is C12H8ClNOS2. The molecule has 2 nitrogen and oxygen atoms in total. The number of benzene rings is 1. The maximum absolute atomic E-state index is 11.5. The highest BCUT2D eigenvalue weighted by Crippen LogP contribution is 2.33. The first-order valence-corrected chi connectivity index (χ1v) is 7.56. The maximum Gasteiger partial charge on any atom is 0.109 e. The van der Waals surface area contributed by atoms with Gasteiger partial charge >= 0.3 is 0 Å². The summed E-state index contributed by atoms with van der Waals surface area (Å²) in [5.41, 5.74) is 2.23. The molecule has 0 aliphatic heterocycles. The van der Waals surface area contributed by atoms with Crippen molar-refractivity contribution in [3.8, 4) is 17.2 Å². The monoisotopic (exact) mass is 281 g/mol. The highest BCUT2D eigenvalue weighted by atomic mass is 35.5. The van der Waals surface area contributed by atoms with E-state index in [1.165, 1.54) is 11.3 Å². The van der Waals surface area contributed by atoms with Gasteiger partial charge < -0.3 is 0 Å². The first-order valence-electron chi connectivity index (χ1n) is 4.74. The van der Waals surface area contributed by atoms with Gasteiger partial charge in [-0.3, -0.25) is 4.21 Å². The van der Waals surface area contributed by atoms with E-state index < -0.39 is 10.8 Å². The third kappa shape index (κ3) is 2.42. The third-order valence-electron chi connectivity index (χ3n) is 2.29. The van der Waals surface area contributed by atoms with Crippen LogP contribution in [0.3, 0.4) is 0 Å². The summed E-state index contributed by atoms with van der Waals surface area (Å²) in [6.07, 6.45) is 1.58. The quantitative estimate of drug-likeness (QED) is 0.842. The Kier molecular flexibility index (Phi) is 3.63. The van der Waals surface area contributed by atoms with E-state index in [-0.39, 0.29) is 0 Å². The molecule has 0 unspecified atom stereocenters. The Morgan fingerprint density at radius 1 is 1.35 bits per heavy atom. The van der Waals surface area contributed by atoms with E-state index in [2.05, 4.69) is 6.07 Å². The van der Waals surface area contributed by atoms with Crippen molar-refractivity contribution < 1.29 is 4.21 Å². The second-order valence-corrected chi connectivity index (χ2v) is 6.28. The van der Waals surface area contributed by atoms with Crippen LogP contribution in [0, 0.1) is 11.3 Å². The van der Waals surface area contributed by atoms with Crippen molar-refractivity contribution >= 4 is 33.7 Å². The van der Waals surface area contributed by atoms with Crippen LogP contribution in [0.5, 0.6) is 0 Å². The highest BCUT2D eigenvalue weighted by Gasteiger charge is 2.15. The molecule has 2 rings (SSSR count). The summed E-state index contributed by atoms with van der Waals surface area (Å²) in [4.78, 5) is 0. The third-order valence-corrected chi connectivity index (χ3v) is 5.03. The van der Waals surface area contributed by atoms with Gasteiger partial charge in [0, 0.05) is 22.2 Å². The van der Waals surface area contributed by atoms with Crippen LogP contribution in [0.15, 0.2) is 33.9 Å². The molecule has 0 amide bonds. The number of nitrogens with zero attached hydrogens (tertiary/aromatic N) is 1. The summed E-state index contributed by atoms with van der Waals surface area (Å²) in [5.74, 6) is 0. The Morgan fingerprint density at radius 3 is 2.53 bits per heavy atom. The zero-order valence-electron chi connectivity index (χ0n) is 8.94. The molecule has 5 heteroatoms. The SMILES string of the molecule is C[S@@](=O)c1scc(-c2ccc(Cl)cc2)c1C#N. The summed E-state index contributed by atoms with van der Waals surface area (Å²) in [7, 11) is -1.13. The van der Waals surface area contributed by atoms with Gasteiger partial charge in [-0.05, 0) is 17.7 Å². The lowest BCUT2D eigenvalue weighted by molar-refractivity contribution is 0.688. The summed E-state index contributed by atoms with van der Waals surface area (Å²) < 4.78 is 12.1. The smallest absolute Gasteiger partial charge is 0.109 e. The fourth-order valence-electron chi connectivity index (χ4n) is 1.50. The number of hydrogen-bond donors (Lipinski definition) is 0. The standard InChI is InChI=1S/C12H8ClNOS2/c1-17(15)12-10(6-14)11(7-16-12)8-2-4-9(13)5-3-8/h2-5,7H,1H3/t17-/m1/s1. The molecule has 0 N–H and O–H groups in total. The number of hydrogen-bond acceptors (Lipinski definition) is 3. The summed E-state index contributed by atoms with van der Waals surface area (Å²) in [5, 5.41) is 11.7. The minimum absolute atomic E-state index is 0.498. The predicted octanol–water partition coefficient (Wildman–Crippen LogP) is 3.68. The molecule has 0 spiro atoms. The van der Waals surface area contributed by atoms with Crippen molar-refractivity contribution in [1.82, 2.24) is 0 Å². The first-order chi connectivity index (χ1) is 8.13. The first kappa shape index (κ1) is 12.3. The van der Waals surface area contributed by atoms with E-state index in [0.29, 0.717) is 14.8 Å². The van der Waals surface area contributed by atoms with Gasteiger partial charge in [0.25, 0.3) is 0 Å². The van der Waals surface area contributed by atoms with E-state index in [4.69, 9.17) is 16.9 Å². The zero-order chi connectivity index (χ0) is 12.4. The van der Waals surface area contributed by atoms with Crippen LogP contribution in [0.4, 0.5) is 0 Å². The molecule has 1 aromatic carbocycles. The Balaban J connectivity index is 2.57. The lowest BCUT2D eigenvalue weighted by Gasteiger charge is -1.99. The molecule has 0 bridgehead atoms. The molecular weight excluding hydrogens is 274 g/mol. The van der Waals surface area contributed by atoms with Crippen LogP contribution in [0.1, 0.15) is 5.56 Å². The summed E-state index contributed by atoms with van der Waals surface area (Å²) in [6.45, 7) is 0. The van der Waals surface area contributed by atoms with E-state index in [9.17, 15) is 4.21 Å². The average molecular weight is 282 g/mol. The lowest BCUT2D eigenvalue weighted by Crippen LogP contribution is -1.87. The van der Waals surface area contributed by atoms with Crippen LogP contribution in [0.25, 0.3) is 11.1 Å². The normalized spacial score (nSPS) is 12.1. The molecule has 2 aromatic rings. The predicted molar refractivity (Wildman–Crippen MR) is 71.8 cm³/mol. The van der Waals surface area contributed by atoms with Gasteiger partial charge in [0.1, 0.15) is 10.3 Å². The van der Waals surface area contributed by atoms with Gasteiger partial charge in [0.15, 0.2) is 0 Å². The molecule has 17 heavy (non-hydrogen) atoms. The number of thiophene rings is 1. The molecule has 86 valence electrons. The lowest BCUT2D eigenvalue weighted by atomic mass is 10.1. The van der Waals surface area contributed by atoms with Gasteiger partial charge in [0.05, 0.1) is 16.4 Å². The average Bonchev–Trinajstić information content (AvgIpc) is 2.73.